The molecule has 0 aromatic heterocycles. The normalized spacial score (nSPS) is 11.5. The maximum absolute atomic E-state index is 13.3. The van der Waals surface area contributed by atoms with E-state index in [9.17, 15) is 9.59 Å². The quantitative estimate of drug-likeness (QED) is 0.365. The fourth-order valence-electron chi connectivity index (χ4n) is 3.76. The molecule has 0 heterocycles. The first-order valence-corrected chi connectivity index (χ1v) is 12.3. The van der Waals surface area contributed by atoms with Crippen molar-refractivity contribution in [1.29, 1.82) is 0 Å². The fourth-order valence-corrected chi connectivity index (χ4v) is 4.01. The van der Waals surface area contributed by atoms with Crippen molar-refractivity contribution in [2.45, 2.75) is 32.4 Å². The van der Waals surface area contributed by atoms with Gasteiger partial charge in [-0.3, -0.25) is 9.59 Å². The Labute approximate surface area is 222 Å². The molecule has 0 saturated heterocycles. The standard InChI is InChI=1S/C28H30Cl2N2O4/c1-19(28(34)31-15-14-21-8-13-25(35-2)26(16-21)36-3)32(18-22-6-11-24(30)12-7-22)27(33)17-20-4-9-23(29)10-5-20/h4-13,16,19H,14-15,17-18H2,1-3H3,(H,31,34)/t19-/m0/s1. The molecule has 0 bridgehead atoms. The lowest BCUT2D eigenvalue weighted by Gasteiger charge is -2.29. The number of rotatable bonds is 11. The van der Waals surface area contributed by atoms with Crippen molar-refractivity contribution in [3.05, 3.63) is 93.5 Å². The maximum Gasteiger partial charge on any atom is 0.242 e. The van der Waals surface area contributed by atoms with Gasteiger partial charge in [0, 0.05) is 23.1 Å². The number of halogens is 2. The second-order valence-corrected chi connectivity index (χ2v) is 9.23. The first-order valence-electron chi connectivity index (χ1n) is 11.6. The Hall–Kier alpha value is -3.22. The van der Waals surface area contributed by atoms with E-state index in [0.29, 0.717) is 34.5 Å². The van der Waals surface area contributed by atoms with Crippen LogP contribution in [0.2, 0.25) is 10.0 Å². The summed E-state index contributed by atoms with van der Waals surface area (Å²) in [6.45, 7) is 2.44. The highest BCUT2D eigenvalue weighted by molar-refractivity contribution is 6.30. The minimum atomic E-state index is -0.675. The Bertz CT molecular complexity index is 1170. The van der Waals surface area contributed by atoms with Crippen LogP contribution in [0.15, 0.2) is 66.7 Å². The van der Waals surface area contributed by atoms with Crippen LogP contribution >= 0.6 is 23.2 Å². The van der Waals surface area contributed by atoms with Crippen LogP contribution in [0.1, 0.15) is 23.6 Å². The van der Waals surface area contributed by atoms with Gasteiger partial charge in [-0.2, -0.15) is 0 Å². The number of benzene rings is 3. The lowest BCUT2D eigenvalue weighted by molar-refractivity contribution is -0.140. The van der Waals surface area contributed by atoms with Gasteiger partial charge in [-0.25, -0.2) is 0 Å². The van der Waals surface area contributed by atoms with Crippen LogP contribution in [0.5, 0.6) is 11.5 Å². The van der Waals surface area contributed by atoms with Crippen molar-refractivity contribution in [2.24, 2.45) is 0 Å². The lowest BCUT2D eigenvalue weighted by atomic mass is 10.1. The molecule has 0 aliphatic rings. The van der Waals surface area contributed by atoms with Crippen LogP contribution in [0.25, 0.3) is 0 Å². The molecule has 36 heavy (non-hydrogen) atoms. The molecule has 1 N–H and O–H groups in total. The fraction of sp³-hybridized carbons (Fsp3) is 0.286. The largest absolute Gasteiger partial charge is 0.493 e. The molecule has 0 unspecified atom stereocenters. The summed E-state index contributed by atoms with van der Waals surface area (Å²) in [4.78, 5) is 27.9. The summed E-state index contributed by atoms with van der Waals surface area (Å²) in [6, 6.07) is 19.3. The van der Waals surface area contributed by atoms with Gasteiger partial charge in [0.1, 0.15) is 6.04 Å². The van der Waals surface area contributed by atoms with Gasteiger partial charge in [0.05, 0.1) is 20.6 Å². The molecule has 2 amide bonds. The van der Waals surface area contributed by atoms with Crippen molar-refractivity contribution < 1.29 is 19.1 Å². The van der Waals surface area contributed by atoms with Crippen LogP contribution in [0, 0.1) is 0 Å². The Balaban J connectivity index is 1.68. The highest BCUT2D eigenvalue weighted by Crippen LogP contribution is 2.27. The molecule has 0 spiro atoms. The van der Waals surface area contributed by atoms with E-state index in [4.69, 9.17) is 32.7 Å². The number of hydrogen-bond donors (Lipinski definition) is 1. The topological polar surface area (TPSA) is 67.9 Å². The van der Waals surface area contributed by atoms with Crippen LogP contribution in [0.4, 0.5) is 0 Å². The Morgan fingerprint density at radius 3 is 1.97 bits per heavy atom. The summed E-state index contributed by atoms with van der Waals surface area (Å²) in [5.41, 5.74) is 2.71. The van der Waals surface area contributed by atoms with Gasteiger partial charge in [-0.1, -0.05) is 53.5 Å². The first-order chi connectivity index (χ1) is 17.3. The molecule has 0 saturated carbocycles. The summed E-state index contributed by atoms with van der Waals surface area (Å²) in [5.74, 6) is 0.899. The summed E-state index contributed by atoms with van der Waals surface area (Å²) >= 11 is 12.0. The van der Waals surface area contributed by atoms with E-state index in [0.717, 1.165) is 16.7 Å². The summed E-state index contributed by atoms with van der Waals surface area (Å²) in [5, 5.41) is 4.17. The minimum Gasteiger partial charge on any atom is -0.493 e. The SMILES string of the molecule is COc1ccc(CCNC(=O)[C@H](C)N(Cc2ccc(Cl)cc2)C(=O)Cc2ccc(Cl)cc2)cc1OC. The number of methoxy groups -OCH3 is 2. The van der Waals surface area contributed by atoms with Crippen molar-refractivity contribution in [3.8, 4) is 11.5 Å². The summed E-state index contributed by atoms with van der Waals surface area (Å²) < 4.78 is 10.6. The van der Waals surface area contributed by atoms with E-state index < -0.39 is 6.04 Å². The summed E-state index contributed by atoms with van der Waals surface area (Å²) in [7, 11) is 3.17. The van der Waals surface area contributed by atoms with E-state index in [1.165, 1.54) is 0 Å². The highest BCUT2D eigenvalue weighted by atomic mass is 35.5. The van der Waals surface area contributed by atoms with Gasteiger partial charge in [-0.15, -0.1) is 0 Å². The number of amides is 2. The van der Waals surface area contributed by atoms with Crippen molar-refractivity contribution >= 4 is 35.0 Å². The number of carbonyl (C=O) groups is 2. The van der Waals surface area contributed by atoms with Crippen molar-refractivity contribution in [3.63, 3.8) is 0 Å². The summed E-state index contributed by atoms with van der Waals surface area (Å²) in [6.07, 6.45) is 0.767. The zero-order chi connectivity index (χ0) is 26.1. The van der Waals surface area contributed by atoms with Crippen molar-refractivity contribution in [2.75, 3.05) is 20.8 Å². The number of hydrogen-bond acceptors (Lipinski definition) is 4. The smallest absolute Gasteiger partial charge is 0.242 e. The Morgan fingerprint density at radius 1 is 0.833 bits per heavy atom. The van der Waals surface area contributed by atoms with Gasteiger partial charge < -0.3 is 19.7 Å². The van der Waals surface area contributed by atoms with Crippen molar-refractivity contribution in [1.82, 2.24) is 10.2 Å². The van der Waals surface area contributed by atoms with Gasteiger partial charge in [-0.05, 0) is 66.4 Å². The average Bonchev–Trinajstić information content (AvgIpc) is 2.89. The van der Waals surface area contributed by atoms with Crippen LogP contribution in [-0.2, 0) is 29.0 Å². The van der Waals surface area contributed by atoms with Crippen LogP contribution < -0.4 is 14.8 Å². The monoisotopic (exact) mass is 528 g/mol. The molecule has 3 aromatic carbocycles. The molecular formula is C28H30Cl2N2O4. The highest BCUT2D eigenvalue weighted by Gasteiger charge is 2.26. The third-order valence-corrected chi connectivity index (χ3v) is 6.37. The molecule has 190 valence electrons. The number of nitrogens with zero attached hydrogens (tertiary/aromatic N) is 1. The van der Waals surface area contributed by atoms with Crippen LogP contribution in [0.3, 0.4) is 0 Å². The number of carbonyl (C=O) groups excluding carboxylic acids is 2. The zero-order valence-corrected chi connectivity index (χ0v) is 22.1. The molecule has 6 nitrogen and oxygen atoms in total. The van der Waals surface area contributed by atoms with E-state index in [1.807, 2.05) is 42.5 Å². The van der Waals surface area contributed by atoms with Crippen LogP contribution in [-0.4, -0.2) is 43.5 Å². The third-order valence-electron chi connectivity index (χ3n) is 5.86. The molecule has 0 fully saturated rings. The predicted molar refractivity (Wildman–Crippen MR) is 143 cm³/mol. The molecular weight excluding hydrogens is 499 g/mol. The van der Waals surface area contributed by atoms with Gasteiger partial charge in [0.15, 0.2) is 11.5 Å². The second-order valence-electron chi connectivity index (χ2n) is 8.36. The Morgan fingerprint density at radius 2 is 1.39 bits per heavy atom. The van der Waals surface area contributed by atoms with Gasteiger partial charge in [0.2, 0.25) is 11.8 Å². The predicted octanol–water partition coefficient (Wildman–Crippen LogP) is 5.33. The van der Waals surface area contributed by atoms with Gasteiger partial charge >= 0.3 is 0 Å². The van der Waals surface area contributed by atoms with E-state index in [1.54, 1.807) is 50.3 Å². The number of ether oxygens (including phenoxy) is 2. The molecule has 0 radical (unpaired) electrons. The van der Waals surface area contributed by atoms with E-state index in [2.05, 4.69) is 5.32 Å². The molecule has 1 atom stereocenters. The molecule has 8 heteroatoms. The second kappa shape index (κ2) is 13.2. The average molecular weight is 529 g/mol. The first kappa shape index (κ1) is 27.4. The lowest BCUT2D eigenvalue weighted by Crippen LogP contribution is -2.48. The van der Waals surface area contributed by atoms with Gasteiger partial charge in [0.25, 0.3) is 0 Å². The van der Waals surface area contributed by atoms with E-state index in [-0.39, 0.29) is 24.8 Å². The molecule has 3 aromatic rings. The maximum atomic E-state index is 13.3. The zero-order valence-electron chi connectivity index (χ0n) is 20.6. The minimum absolute atomic E-state index is 0.158. The molecule has 0 aliphatic carbocycles. The molecule has 3 rings (SSSR count). The number of nitrogens with one attached hydrogen (secondary N) is 1. The van der Waals surface area contributed by atoms with E-state index >= 15 is 0 Å². The third kappa shape index (κ3) is 7.64. The molecule has 0 aliphatic heterocycles. The Kier molecular flexibility index (Phi) is 10.0.